The summed E-state index contributed by atoms with van der Waals surface area (Å²) in [5.74, 6) is 0.704. The van der Waals surface area contributed by atoms with Crippen LogP contribution in [0.2, 0.25) is 0 Å². The van der Waals surface area contributed by atoms with Gasteiger partial charge in [0.05, 0.1) is 17.3 Å². The molecular weight excluding hydrogens is 578 g/mol. The molecule has 1 N–H and O–H groups in total. The Balaban J connectivity index is 1.51. The lowest BCUT2D eigenvalue weighted by Gasteiger charge is -2.16. The molecule has 0 spiro atoms. The van der Waals surface area contributed by atoms with Gasteiger partial charge in [-0.1, -0.05) is 36.4 Å². The first-order valence-electron chi connectivity index (χ1n) is 11.4. The zero-order valence-electron chi connectivity index (χ0n) is 20.3. The molecule has 2 aromatic heterocycles. The minimum atomic E-state index is -3.79. The molecule has 2 aromatic carbocycles. The Morgan fingerprint density at radius 3 is 2.39 bits per heavy atom. The monoisotopic (exact) mass is 601 g/mol. The van der Waals surface area contributed by atoms with Crippen molar-refractivity contribution in [3.8, 4) is 29.1 Å². The van der Waals surface area contributed by atoms with Crippen molar-refractivity contribution >= 4 is 31.8 Å². The van der Waals surface area contributed by atoms with Crippen LogP contribution in [0.25, 0.3) is 0 Å². The standard InChI is InChI=1S/C25H24BrN5O6S/c1-34-20-8-5-9-21(14-20)37-22-23(31-38(32,33)13-10-18-6-3-2-4-7-18)29-17-30-24(22)35-11-12-36-25-27-15-19(26)16-28-25/h2-9,14-17H,10-13H2,1H3,(H,29,30,31). The van der Waals surface area contributed by atoms with Crippen molar-refractivity contribution in [3.63, 3.8) is 0 Å². The average Bonchev–Trinajstić information content (AvgIpc) is 2.93. The smallest absolute Gasteiger partial charge is 0.316 e. The van der Waals surface area contributed by atoms with Gasteiger partial charge in [-0.15, -0.1) is 0 Å². The Bertz CT molecular complexity index is 1440. The van der Waals surface area contributed by atoms with Crippen LogP contribution in [-0.2, 0) is 16.4 Å². The molecule has 2 heterocycles. The summed E-state index contributed by atoms with van der Waals surface area (Å²) in [6.45, 7) is 0.146. The van der Waals surface area contributed by atoms with E-state index in [0.29, 0.717) is 17.9 Å². The van der Waals surface area contributed by atoms with E-state index in [0.717, 1.165) is 10.0 Å². The second-order valence-electron chi connectivity index (χ2n) is 7.67. The molecule has 4 aromatic rings. The maximum atomic E-state index is 12.9. The van der Waals surface area contributed by atoms with Gasteiger partial charge >= 0.3 is 6.01 Å². The van der Waals surface area contributed by atoms with E-state index in [1.807, 2.05) is 30.3 Å². The van der Waals surface area contributed by atoms with E-state index in [4.69, 9.17) is 18.9 Å². The summed E-state index contributed by atoms with van der Waals surface area (Å²) in [5.41, 5.74) is 0.896. The van der Waals surface area contributed by atoms with Crippen LogP contribution in [0.15, 0.2) is 77.8 Å². The Hall–Kier alpha value is -3.97. The molecule has 198 valence electrons. The van der Waals surface area contributed by atoms with E-state index < -0.39 is 10.0 Å². The Morgan fingerprint density at radius 1 is 0.895 bits per heavy atom. The second kappa shape index (κ2) is 13.0. The minimum Gasteiger partial charge on any atom is -0.497 e. The number of nitrogens with one attached hydrogen (secondary N) is 1. The third-order valence-electron chi connectivity index (χ3n) is 4.94. The Kier molecular flexibility index (Phi) is 9.27. The highest BCUT2D eigenvalue weighted by Gasteiger charge is 2.21. The highest BCUT2D eigenvalue weighted by Crippen LogP contribution is 2.37. The number of hydrogen-bond donors (Lipinski definition) is 1. The molecule has 0 atom stereocenters. The number of sulfonamides is 1. The molecule has 0 bridgehead atoms. The van der Waals surface area contributed by atoms with Crippen molar-refractivity contribution in [2.75, 3.05) is 30.8 Å². The number of ether oxygens (including phenoxy) is 4. The van der Waals surface area contributed by atoms with Gasteiger partial charge in [0.1, 0.15) is 31.0 Å². The molecule has 11 nitrogen and oxygen atoms in total. The largest absolute Gasteiger partial charge is 0.497 e. The summed E-state index contributed by atoms with van der Waals surface area (Å²) in [7, 11) is -2.26. The van der Waals surface area contributed by atoms with E-state index >= 15 is 0 Å². The summed E-state index contributed by atoms with van der Waals surface area (Å²) in [5, 5.41) is 0. The number of nitrogens with zero attached hydrogens (tertiary/aromatic N) is 4. The third-order valence-corrected chi connectivity index (χ3v) is 6.59. The van der Waals surface area contributed by atoms with Gasteiger partial charge in [0.25, 0.3) is 5.88 Å². The molecule has 0 saturated heterocycles. The molecule has 0 aliphatic heterocycles. The SMILES string of the molecule is COc1cccc(Oc2c(NS(=O)(=O)CCc3ccccc3)ncnc2OCCOc2ncc(Br)cn2)c1. The molecule has 0 unspecified atom stereocenters. The number of rotatable bonds is 13. The lowest BCUT2D eigenvalue weighted by Crippen LogP contribution is -2.20. The summed E-state index contributed by atoms with van der Waals surface area (Å²) in [6.07, 6.45) is 4.63. The summed E-state index contributed by atoms with van der Waals surface area (Å²) in [4.78, 5) is 16.3. The highest BCUT2D eigenvalue weighted by molar-refractivity contribution is 9.10. The van der Waals surface area contributed by atoms with Crippen LogP contribution in [0.1, 0.15) is 5.56 Å². The Morgan fingerprint density at radius 2 is 1.63 bits per heavy atom. The van der Waals surface area contributed by atoms with E-state index in [1.165, 1.54) is 13.4 Å². The normalized spacial score (nSPS) is 11.0. The third kappa shape index (κ3) is 8.02. The second-order valence-corrected chi connectivity index (χ2v) is 10.4. The number of aryl methyl sites for hydroxylation is 1. The van der Waals surface area contributed by atoms with Gasteiger partial charge in [-0.05, 0) is 40.0 Å². The zero-order valence-corrected chi connectivity index (χ0v) is 22.7. The predicted molar refractivity (Wildman–Crippen MR) is 143 cm³/mol. The van der Waals surface area contributed by atoms with E-state index in [-0.39, 0.29) is 42.4 Å². The summed E-state index contributed by atoms with van der Waals surface area (Å²) in [6, 6.07) is 16.3. The number of aromatic nitrogens is 4. The van der Waals surface area contributed by atoms with Gasteiger partial charge in [0.15, 0.2) is 5.82 Å². The van der Waals surface area contributed by atoms with Crippen molar-refractivity contribution in [2.24, 2.45) is 0 Å². The van der Waals surface area contributed by atoms with E-state index in [9.17, 15) is 8.42 Å². The summed E-state index contributed by atoms with van der Waals surface area (Å²) < 4.78 is 51.5. The van der Waals surface area contributed by atoms with Gasteiger partial charge in [0.2, 0.25) is 15.8 Å². The van der Waals surface area contributed by atoms with Crippen LogP contribution in [-0.4, -0.2) is 54.4 Å². The van der Waals surface area contributed by atoms with Crippen molar-refractivity contribution in [2.45, 2.75) is 6.42 Å². The summed E-state index contributed by atoms with van der Waals surface area (Å²) >= 11 is 3.26. The fraction of sp³-hybridized carbons (Fsp3) is 0.200. The molecule has 0 fully saturated rings. The van der Waals surface area contributed by atoms with Crippen LogP contribution in [0.5, 0.6) is 29.1 Å². The lowest BCUT2D eigenvalue weighted by molar-refractivity contribution is 0.197. The van der Waals surface area contributed by atoms with Gasteiger partial charge in [-0.2, -0.15) is 4.98 Å². The molecular formula is C25H24BrN5O6S. The first-order valence-corrected chi connectivity index (χ1v) is 13.8. The van der Waals surface area contributed by atoms with Crippen molar-refractivity contribution < 1.29 is 27.4 Å². The molecule has 0 radical (unpaired) electrons. The molecule has 13 heteroatoms. The van der Waals surface area contributed by atoms with Crippen LogP contribution < -0.4 is 23.7 Å². The number of halogens is 1. The molecule has 0 saturated carbocycles. The van der Waals surface area contributed by atoms with Crippen LogP contribution in [0, 0.1) is 0 Å². The first kappa shape index (κ1) is 27.1. The maximum absolute atomic E-state index is 12.9. The topological polar surface area (TPSA) is 135 Å². The van der Waals surface area contributed by atoms with E-state index in [2.05, 4.69) is 40.6 Å². The van der Waals surface area contributed by atoms with Crippen molar-refractivity contribution in [3.05, 3.63) is 83.4 Å². The van der Waals surface area contributed by atoms with Crippen LogP contribution >= 0.6 is 15.9 Å². The zero-order chi connectivity index (χ0) is 26.8. The van der Waals surface area contributed by atoms with Crippen LogP contribution in [0.4, 0.5) is 5.82 Å². The number of benzene rings is 2. The predicted octanol–water partition coefficient (Wildman–Crippen LogP) is 4.27. The molecule has 38 heavy (non-hydrogen) atoms. The molecule has 0 aliphatic carbocycles. The van der Waals surface area contributed by atoms with E-state index in [1.54, 1.807) is 36.7 Å². The fourth-order valence-electron chi connectivity index (χ4n) is 3.15. The number of methoxy groups -OCH3 is 1. The molecule has 4 rings (SSSR count). The maximum Gasteiger partial charge on any atom is 0.316 e. The van der Waals surface area contributed by atoms with Crippen LogP contribution in [0.3, 0.4) is 0 Å². The molecule has 0 aliphatic rings. The highest BCUT2D eigenvalue weighted by atomic mass is 79.9. The van der Waals surface area contributed by atoms with Gasteiger partial charge in [0, 0.05) is 18.5 Å². The average molecular weight is 602 g/mol. The van der Waals surface area contributed by atoms with Crippen molar-refractivity contribution in [1.82, 2.24) is 19.9 Å². The minimum absolute atomic E-state index is 0.0102. The molecule has 0 amide bonds. The quantitative estimate of drug-likeness (QED) is 0.221. The van der Waals surface area contributed by atoms with Crippen molar-refractivity contribution in [1.29, 1.82) is 0 Å². The number of anilines is 1. The van der Waals surface area contributed by atoms with Gasteiger partial charge in [-0.3, -0.25) is 4.72 Å². The fourth-order valence-corrected chi connectivity index (χ4v) is 4.40. The number of hydrogen-bond acceptors (Lipinski definition) is 10. The Labute approximate surface area is 228 Å². The van der Waals surface area contributed by atoms with Gasteiger partial charge in [-0.25, -0.2) is 23.4 Å². The van der Waals surface area contributed by atoms with Gasteiger partial charge < -0.3 is 18.9 Å². The lowest BCUT2D eigenvalue weighted by atomic mass is 10.2. The first-order chi connectivity index (χ1) is 18.4.